The highest BCUT2D eigenvalue weighted by molar-refractivity contribution is 5.38. The van der Waals surface area contributed by atoms with Crippen molar-refractivity contribution in [2.45, 2.75) is 51.0 Å². The van der Waals surface area contributed by atoms with Crippen LogP contribution in [0.15, 0.2) is 0 Å². The van der Waals surface area contributed by atoms with Crippen molar-refractivity contribution in [1.29, 1.82) is 0 Å². The van der Waals surface area contributed by atoms with E-state index in [1.165, 1.54) is 25.7 Å². The first kappa shape index (κ1) is 16.2. The van der Waals surface area contributed by atoms with Gasteiger partial charge in [0.05, 0.1) is 13.2 Å². The number of ether oxygens (including phenoxy) is 1. The van der Waals surface area contributed by atoms with Gasteiger partial charge < -0.3 is 20.1 Å². The number of methoxy groups -OCH3 is 1. The van der Waals surface area contributed by atoms with E-state index in [1.54, 1.807) is 7.11 Å². The van der Waals surface area contributed by atoms with Crippen molar-refractivity contribution in [1.82, 2.24) is 15.0 Å². The maximum atomic E-state index is 9.62. The SMILES string of the molecule is COc1nc(NC[C@H]2CC[C@H](O)C2)nc(N2CCCCCC2)n1. The third kappa shape index (κ3) is 4.43. The highest BCUT2D eigenvalue weighted by atomic mass is 16.5. The van der Waals surface area contributed by atoms with Gasteiger partial charge in [-0.1, -0.05) is 12.8 Å². The summed E-state index contributed by atoms with van der Waals surface area (Å²) in [5.41, 5.74) is 0. The first-order valence-corrected chi connectivity index (χ1v) is 8.71. The highest BCUT2D eigenvalue weighted by Gasteiger charge is 2.23. The topological polar surface area (TPSA) is 83.4 Å². The molecule has 3 rings (SSSR count). The van der Waals surface area contributed by atoms with Crippen molar-refractivity contribution >= 4 is 11.9 Å². The molecule has 7 heteroatoms. The number of aliphatic hydroxyl groups is 1. The Hall–Kier alpha value is -1.63. The molecule has 1 aromatic heterocycles. The van der Waals surface area contributed by atoms with Crippen LogP contribution >= 0.6 is 0 Å². The highest BCUT2D eigenvalue weighted by Crippen LogP contribution is 2.26. The maximum absolute atomic E-state index is 9.62. The van der Waals surface area contributed by atoms with Crippen LogP contribution in [0.1, 0.15) is 44.9 Å². The van der Waals surface area contributed by atoms with Crippen molar-refractivity contribution in [2.24, 2.45) is 5.92 Å². The van der Waals surface area contributed by atoms with Gasteiger partial charge >= 0.3 is 6.01 Å². The van der Waals surface area contributed by atoms with Gasteiger partial charge in [0.2, 0.25) is 11.9 Å². The summed E-state index contributed by atoms with van der Waals surface area (Å²) in [6.07, 6.45) is 7.55. The fraction of sp³-hybridized carbons (Fsp3) is 0.812. The number of anilines is 2. The number of aromatic nitrogens is 3. The van der Waals surface area contributed by atoms with Crippen LogP contribution < -0.4 is 15.0 Å². The van der Waals surface area contributed by atoms with E-state index in [0.717, 1.165) is 38.9 Å². The molecule has 2 fully saturated rings. The van der Waals surface area contributed by atoms with Gasteiger partial charge in [-0.05, 0) is 38.0 Å². The summed E-state index contributed by atoms with van der Waals surface area (Å²) in [7, 11) is 1.58. The lowest BCUT2D eigenvalue weighted by Gasteiger charge is -2.21. The fourth-order valence-electron chi connectivity index (χ4n) is 3.40. The Balaban J connectivity index is 1.67. The van der Waals surface area contributed by atoms with Gasteiger partial charge in [-0.15, -0.1) is 0 Å². The molecule has 2 atom stereocenters. The third-order valence-electron chi connectivity index (χ3n) is 4.74. The van der Waals surface area contributed by atoms with Crippen LogP contribution in [0, 0.1) is 5.92 Å². The average molecular weight is 321 g/mol. The number of nitrogens with zero attached hydrogens (tertiary/aromatic N) is 4. The molecule has 1 aromatic rings. The van der Waals surface area contributed by atoms with E-state index in [4.69, 9.17) is 4.74 Å². The van der Waals surface area contributed by atoms with Crippen LogP contribution in [0.5, 0.6) is 6.01 Å². The first-order valence-electron chi connectivity index (χ1n) is 8.71. The van der Waals surface area contributed by atoms with Crippen LogP contribution in [-0.2, 0) is 0 Å². The van der Waals surface area contributed by atoms with Crippen molar-refractivity contribution in [3.8, 4) is 6.01 Å². The summed E-state index contributed by atoms with van der Waals surface area (Å²) in [6, 6.07) is 0.355. The van der Waals surface area contributed by atoms with Gasteiger partial charge in [0.1, 0.15) is 0 Å². The first-order chi connectivity index (χ1) is 11.2. The van der Waals surface area contributed by atoms with Crippen LogP contribution in [0.25, 0.3) is 0 Å². The minimum atomic E-state index is -0.151. The normalized spacial score (nSPS) is 25.2. The number of aliphatic hydroxyl groups excluding tert-OH is 1. The van der Waals surface area contributed by atoms with Crippen molar-refractivity contribution < 1.29 is 9.84 Å². The summed E-state index contributed by atoms with van der Waals surface area (Å²) < 4.78 is 5.24. The maximum Gasteiger partial charge on any atom is 0.322 e. The molecule has 0 bridgehead atoms. The van der Waals surface area contributed by atoms with E-state index in [-0.39, 0.29) is 6.10 Å². The molecule has 7 nitrogen and oxygen atoms in total. The lowest BCUT2D eigenvalue weighted by molar-refractivity contribution is 0.178. The zero-order valence-electron chi connectivity index (χ0n) is 13.9. The Morgan fingerprint density at radius 3 is 2.57 bits per heavy atom. The van der Waals surface area contributed by atoms with Gasteiger partial charge in [-0.3, -0.25) is 0 Å². The van der Waals surface area contributed by atoms with Crippen molar-refractivity contribution in [3.05, 3.63) is 0 Å². The Morgan fingerprint density at radius 1 is 1.13 bits per heavy atom. The number of nitrogens with one attached hydrogen (secondary N) is 1. The summed E-state index contributed by atoms with van der Waals surface area (Å²) in [4.78, 5) is 15.5. The van der Waals surface area contributed by atoms with Crippen LogP contribution in [0.4, 0.5) is 11.9 Å². The smallest absolute Gasteiger partial charge is 0.322 e. The molecule has 0 unspecified atom stereocenters. The predicted octanol–water partition coefficient (Wildman–Crippen LogP) is 1.83. The van der Waals surface area contributed by atoms with Crippen LogP contribution in [0.3, 0.4) is 0 Å². The molecule has 2 aliphatic rings. The molecule has 1 aliphatic heterocycles. The summed E-state index contributed by atoms with van der Waals surface area (Å²) >= 11 is 0. The van der Waals surface area contributed by atoms with Gasteiger partial charge in [0.15, 0.2) is 0 Å². The standard InChI is InChI=1S/C16H27N5O2/c1-23-16-19-14(17-11-12-6-7-13(22)10-12)18-15(20-16)21-8-4-2-3-5-9-21/h12-13,22H,2-11H2,1H3,(H,17,18,19,20)/t12-,13-/m0/s1. The minimum Gasteiger partial charge on any atom is -0.467 e. The van der Waals surface area contributed by atoms with E-state index >= 15 is 0 Å². The second kappa shape index (κ2) is 7.77. The lowest BCUT2D eigenvalue weighted by Crippen LogP contribution is -2.27. The lowest BCUT2D eigenvalue weighted by atomic mass is 10.1. The molecule has 0 aromatic carbocycles. The summed E-state index contributed by atoms with van der Waals surface area (Å²) in [5.74, 6) is 1.75. The predicted molar refractivity (Wildman–Crippen MR) is 88.9 cm³/mol. The van der Waals surface area contributed by atoms with E-state index in [0.29, 0.717) is 23.8 Å². The largest absolute Gasteiger partial charge is 0.467 e. The summed E-state index contributed by atoms with van der Waals surface area (Å²) in [6.45, 7) is 2.76. The Bertz CT molecular complexity index is 505. The Labute approximate surface area is 137 Å². The van der Waals surface area contributed by atoms with E-state index < -0.39 is 0 Å². The fourth-order valence-corrected chi connectivity index (χ4v) is 3.40. The molecule has 1 saturated heterocycles. The second-order valence-corrected chi connectivity index (χ2v) is 6.56. The third-order valence-corrected chi connectivity index (χ3v) is 4.74. The number of hydrogen-bond acceptors (Lipinski definition) is 7. The van der Waals surface area contributed by atoms with Gasteiger partial charge in [-0.25, -0.2) is 0 Å². The second-order valence-electron chi connectivity index (χ2n) is 6.56. The number of hydrogen-bond donors (Lipinski definition) is 2. The molecule has 1 saturated carbocycles. The molecule has 23 heavy (non-hydrogen) atoms. The molecular formula is C16H27N5O2. The Kier molecular flexibility index (Phi) is 5.48. The molecule has 128 valence electrons. The van der Waals surface area contributed by atoms with Crippen LogP contribution in [0.2, 0.25) is 0 Å². The van der Waals surface area contributed by atoms with E-state index in [9.17, 15) is 5.11 Å². The van der Waals surface area contributed by atoms with Gasteiger partial charge in [0, 0.05) is 19.6 Å². The zero-order chi connectivity index (χ0) is 16.1. The number of rotatable bonds is 5. The summed E-state index contributed by atoms with van der Waals surface area (Å²) in [5, 5.41) is 12.9. The van der Waals surface area contributed by atoms with Crippen LogP contribution in [-0.4, -0.2) is 52.9 Å². The molecular weight excluding hydrogens is 294 g/mol. The quantitative estimate of drug-likeness (QED) is 0.856. The monoisotopic (exact) mass is 321 g/mol. The molecule has 0 amide bonds. The molecule has 2 N–H and O–H groups in total. The average Bonchev–Trinajstić information content (AvgIpc) is 2.82. The molecule has 1 aliphatic carbocycles. The Morgan fingerprint density at radius 2 is 1.91 bits per heavy atom. The van der Waals surface area contributed by atoms with Gasteiger partial charge in [0.25, 0.3) is 0 Å². The van der Waals surface area contributed by atoms with E-state index in [2.05, 4.69) is 25.2 Å². The van der Waals surface area contributed by atoms with Gasteiger partial charge in [-0.2, -0.15) is 15.0 Å². The zero-order valence-corrected chi connectivity index (χ0v) is 13.9. The molecule has 0 spiro atoms. The van der Waals surface area contributed by atoms with Crippen molar-refractivity contribution in [2.75, 3.05) is 37.0 Å². The molecule has 2 heterocycles. The minimum absolute atomic E-state index is 0.151. The van der Waals surface area contributed by atoms with Crippen molar-refractivity contribution in [3.63, 3.8) is 0 Å². The van der Waals surface area contributed by atoms with E-state index in [1.807, 2.05) is 0 Å². The molecule has 0 radical (unpaired) electrons.